The standard InChI is InChI=1S/C19H14F3N5S/c20-19(21,22)14-4-2-13(3-5-14)18-26-15(12-28-18)10-24-16-11-23-8-6-17(16)27-9-1-7-25-27/h1-9,11-12,24H,10H2. The lowest BCUT2D eigenvalue weighted by Crippen LogP contribution is -2.05. The molecule has 1 N–H and O–H groups in total. The first-order valence-corrected chi connectivity index (χ1v) is 9.18. The smallest absolute Gasteiger partial charge is 0.376 e. The van der Waals surface area contributed by atoms with E-state index in [-0.39, 0.29) is 0 Å². The molecule has 142 valence electrons. The third kappa shape index (κ3) is 3.89. The molecule has 0 aliphatic heterocycles. The minimum absolute atomic E-state index is 0.455. The predicted octanol–water partition coefficient (Wildman–Crippen LogP) is 5.02. The number of benzene rings is 1. The summed E-state index contributed by atoms with van der Waals surface area (Å²) in [5.74, 6) is 0. The summed E-state index contributed by atoms with van der Waals surface area (Å²) in [5, 5.41) is 10.1. The van der Waals surface area contributed by atoms with Gasteiger partial charge in [0.2, 0.25) is 0 Å². The second-order valence-corrected chi connectivity index (χ2v) is 6.77. The van der Waals surface area contributed by atoms with Crippen LogP contribution >= 0.6 is 11.3 Å². The Kier molecular flexibility index (Phi) is 4.82. The Labute approximate surface area is 162 Å². The summed E-state index contributed by atoms with van der Waals surface area (Å²) in [4.78, 5) is 8.65. The highest BCUT2D eigenvalue weighted by Gasteiger charge is 2.30. The topological polar surface area (TPSA) is 55.6 Å². The number of nitrogens with one attached hydrogen (secondary N) is 1. The molecule has 0 spiro atoms. The van der Waals surface area contributed by atoms with Gasteiger partial charge in [-0.05, 0) is 24.3 Å². The van der Waals surface area contributed by atoms with E-state index in [0.29, 0.717) is 17.1 Å². The highest BCUT2D eigenvalue weighted by Crippen LogP contribution is 2.32. The molecule has 4 rings (SSSR count). The molecule has 3 heterocycles. The van der Waals surface area contributed by atoms with Crippen LogP contribution < -0.4 is 5.32 Å². The van der Waals surface area contributed by atoms with Gasteiger partial charge in [-0.15, -0.1) is 11.3 Å². The molecule has 0 saturated heterocycles. The van der Waals surface area contributed by atoms with Crippen molar-refractivity contribution >= 4 is 17.0 Å². The molecule has 9 heteroatoms. The lowest BCUT2D eigenvalue weighted by atomic mass is 10.1. The molecule has 0 fully saturated rings. The Morgan fingerprint density at radius 3 is 2.61 bits per heavy atom. The maximum Gasteiger partial charge on any atom is 0.416 e. The van der Waals surface area contributed by atoms with Crippen LogP contribution in [-0.4, -0.2) is 19.7 Å². The van der Waals surface area contributed by atoms with Crippen LogP contribution in [0.15, 0.2) is 66.6 Å². The highest BCUT2D eigenvalue weighted by molar-refractivity contribution is 7.13. The molecule has 0 unspecified atom stereocenters. The van der Waals surface area contributed by atoms with Crippen LogP contribution in [0.1, 0.15) is 11.3 Å². The molecule has 0 atom stereocenters. The van der Waals surface area contributed by atoms with Crippen molar-refractivity contribution in [2.24, 2.45) is 0 Å². The summed E-state index contributed by atoms with van der Waals surface area (Å²) in [6.45, 7) is 0.455. The van der Waals surface area contributed by atoms with Crippen molar-refractivity contribution in [1.29, 1.82) is 0 Å². The molecule has 1 aromatic carbocycles. The average molecular weight is 401 g/mol. The molecule has 0 saturated carbocycles. The SMILES string of the molecule is FC(F)(F)c1ccc(-c2nc(CNc3cnccc3-n3cccn3)cs2)cc1. The van der Waals surface area contributed by atoms with E-state index in [1.54, 1.807) is 23.3 Å². The van der Waals surface area contributed by atoms with Crippen LogP contribution in [0.5, 0.6) is 0 Å². The van der Waals surface area contributed by atoms with Gasteiger partial charge in [0.25, 0.3) is 0 Å². The van der Waals surface area contributed by atoms with Crippen LogP contribution in [0.4, 0.5) is 18.9 Å². The minimum Gasteiger partial charge on any atom is -0.376 e. The van der Waals surface area contributed by atoms with E-state index in [0.717, 1.165) is 29.2 Å². The van der Waals surface area contributed by atoms with Gasteiger partial charge in [0.1, 0.15) is 5.01 Å². The quantitative estimate of drug-likeness (QED) is 0.510. The van der Waals surface area contributed by atoms with Crippen molar-refractivity contribution in [1.82, 2.24) is 19.7 Å². The third-order valence-corrected chi connectivity index (χ3v) is 4.96. The van der Waals surface area contributed by atoms with Crippen molar-refractivity contribution in [3.05, 3.63) is 77.8 Å². The number of hydrogen-bond donors (Lipinski definition) is 1. The Hall–Kier alpha value is -3.20. The van der Waals surface area contributed by atoms with Crippen LogP contribution in [0, 0.1) is 0 Å². The van der Waals surface area contributed by atoms with Gasteiger partial charge in [-0.2, -0.15) is 18.3 Å². The van der Waals surface area contributed by atoms with E-state index in [9.17, 15) is 13.2 Å². The monoisotopic (exact) mass is 401 g/mol. The first-order chi connectivity index (χ1) is 13.5. The van der Waals surface area contributed by atoms with Crippen LogP contribution in [0.25, 0.3) is 16.3 Å². The summed E-state index contributed by atoms with van der Waals surface area (Å²) >= 11 is 1.39. The van der Waals surface area contributed by atoms with Gasteiger partial charge < -0.3 is 5.32 Å². The zero-order chi connectivity index (χ0) is 19.6. The first-order valence-electron chi connectivity index (χ1n) is 8.30. The molecular weight excluding hydrogens is 387 g/mol. The molecule has 3 aromatic heterocycles. The summed E-state index contributed by atoms with van der Waals surface area (Å²) in [6, 6.07) is 8.71. The number of pyridine rings is 1. The van der Waals surface area contributed by atoms with Crippen molar-refractivity contribution in [2.75, 3.05) is 5.32 Å². The maximum atomic E-state index is 12.7. The minimum atomic E-state index is -4.34. The molecule has 28 heavy (non-hydrogen) atoms. The number of rotatable bonds is 5. The summed E-state index contributed by atoms with van der Waals surface area (Å²) in [7, 11) is 0. The Balaban J connectivity index is 1.48. The van der Waals surface area contributed by atoms with E-state index < -0.39 is 11.7 Å². The Morgan fingerprint density at radius 2 is 1.89 bits per heavy atom. The van der Waals surface area contributed by atoms with Crippen molar-refractivity contribution < 1.29 is 13.2 Å². The van der Waals surface area contributed by atoms with Crippen molar-refractivity contribution in [3.8, 4) is 16.3 Å². The Morgan fingerprint density at radius 1 is 1.07 bits per heavy atom. The molecule has 5 nitrogen and oxygen atoms in total. The van der Waals surface area contributed by atoms with Gasteiger partial charge in [0.15, 0.2) is 0 Å². The molecule has 0 aliphatic carbocycles. The van der Waals surface area contributed by atoms with Crippen LogP contribution in [0.2, 0.25) is 0 Å². The Bertz CT molecular complexity index is 1060. The van der Waals surface area contributed by atoms with E-state index in [4.69, 9.17) is 0 Å². The molecular formula is C19H14F3N5S. The molecule has 4 aromatic rings. The second kappa shape index (κ2) is 7.43. The van der Waals surface area contributed by atoms with Crippen LogP contribution in [-0.2, 0) is 12.7 Å². The van der Waals surface area contributed by atoms with E-state index >= 15 is 0 Å². The van der Waals surface area contributed by atoms with Crippen LogP contribution in [0.3, 0.4) is 0 Å². The number of hydrogen-bond acceptors (Lipinski definition) is 5. The third-order valence-electron chi connectivity index (χ3n) is 4.02. The molecule has 0 radical (unpaired) electrons. The van der Waals surface area contributed by atoms with Crippen molar-refractivity contribution in [3.63, 3.8) is 0 Å². The van der Waals surface area contributed by atoms with Crippen molar-refractivity contribution in [2.45, 2.75) is 12.7 Å². The predicted molar refractivity (Wildman–Crippen MR) is 101 cm³/mol. The summed E-state index contributed by atoms with van der Waals surface area (Å²) in [6.07, 6.45) is 2.59. The first kappa shape index (κ1) is 18.2. The highest BCUT2D eigenvalue weighted by atomic mass is 32.1. The fraction of sp³-hybridized carbons (Fsp3) is 0.105. The molecule has 0 aliphatic rings. The summed E-state index contributed by atoms with van der Waals surface area (Å²) < 4.78 is 39.8. The van der Waals surface area contributed by atoms with Gasteiger partial charge in [-0.1, -0.05) is 12.1 Å². The normalized spacial score (nSPS) is 11.5. The lowest BCUT2D eigenvalue weighted by Gasteiger charge is -2.10. The number of thiazole rings is 1. The number of nitrogens with zero attached hydrogens (tertiary/aromatic N) is 4. The largest absolute Gasteiger partial charge is 0.416 e. The lowest BCUT2D eigenvalue weighted by molar-refractivity contribution is -0.137. The molecule has 0 bridgehead atoms. The number of halogens is 3. The maximum absolute atomic E-state index is 12.7. The van der Waals surface area contributed by atoms with Gasteiger partial charge in [-0.25, -0.2) is 9.67 Å². The zero-order valence-corrected chi connectivity index (χ0v) is 15.2. The van der Waals surface area contributed by atoms with E-state index in [2.05, 4.69) is 20.4 Å². The van der Waals surface area contributed by atoms with Gasteiger partial charge in [-0.3, -0.25) is 4.98 Å². The number of anilines is 1. The van der Waals surface area contributed by atoms with E-state index in [1.165, 1.54) is 23.5 Å². The molecule has 0 amide bonds. The second-order valence-electron chi connectivity index (χ2n) is 5.92. The van der Waals surface area contributed by atoms with E-state index in [1.807, 2.05) is 23.7 Å². The van der Waals surface area contributed by atoms with Gasteiger partial charge in [0.05, 0.1) is 35.4 Å². The van der Waals surface area contributed by atoms with Gasteiger partial charge in [0, 0.05) is 29.5 Å². The summed E-state index contributed by atoms with van der Waals surface area (Å²) in [5.41, 5.74) is 2.43. The number of aromatic nitrogens is 4. The fourth-order valence-corrected chi connectivity index (χ4v) is 3.47. The zero-order valence-electron chi connectivity index (χ0n) is 14.4. The fourth-order valence-electron chi connectivity index (χ4n) is 2.64. The number of alkyl halides is 3. The van der Waals surface area contributed by atoms with Gasteiger partial charge >= 0.3 is 6.18 Å². The average Bonchev–Trinajstić information content (AvgIpc) is 3.38.